The molecule has 1 aliphatic heterocycles. The zero-order chi connectivity index (χ0) is 21.2. The number of benzene rings is 3. The Balaban J connectivity index is 1.37. The maximum Gasteiger partial charge on any atom is 0.220 e. The number of aryl methyl sites for hydroxylation is 1. The SMILES string of the molecule is O=C1S[C@H](c2cccc(/C=C/c3ccc4ccc(Cl)cc4n3)c2)CCc2ccccc21. The van der Waals surface area contributed by atoms with Gasteiger partial charge in [0, 0.05) is 21.2 Å². The minimum Gasteiger partial charge on any atom is -0.282 e. The quantitative estimate of drug-likeness (QED) is 0.327. The van der Waals surface area contributed by atoms with Gasteiger partial charge in [0.2, 0.25) is 5.12 Å². The van der Waals surface area contributed by atoms with E-state index in [1.807, 2.05) is 48.5 Å². The molecule has 0 amide bonds. The fourth-order valence-corrected chi connectivity index (χ4v) is 5.22. The van der Waals surface area contributed by atoms with Crippen LogP contribution in [0.25, 0.3) is 23.1 Å². The van der Waals surface area contributed by atoms with Crippen molar-refractivity contribution in [2.75, 3.05) is 0 Å². The summed E-state index contributed by atoms with van der Waals surface area (Å²) >= 11 is 7.54. The van der Waals surface area contributed by atoms with Crippen molar-refractivity contribution in [3.63, 3.8) is 0 Å². The van der Waals surface area contributed by atoms with E-state index in [1.165, 1.54) is 17.3 Å². The predicted octanol–water partition coefficient (Wildman–Crippen LogP) is 7.62. The number of pyridine rings is 1. The molecule has 1 aromatic heterocycles. The Morgan fingerprint density at radius 3 is 2.74 bits per heavy atom. The van der Waals surface area contributed by atoms with Crippen molar-refractivity contribution in [1.82, 2.24) is 4.98 Å². The lowest BCUT2D eigenvalue weighted by atomic mass is 9.99. The number of carbonyl (C=O) groups excluding carboxylic acids is 1. The first-order chi connectivity index (χ1) is 15.2. The second kappa shape index (κ2) is 8.70. The Kier molecular flexibility index (Phi) is 5.63. The first-order valence-electron chi connectivity index (χ1n) is 10.3. The van der Waals surface area contributed by atoms with E-state index in [1.54, 1.807) is 0 Å². The molecule has 1 aliphatic rings. The molecule has 0 saturated heterocycles. The van der Waals surface area contributed by atoms with Crippen molar-refractivity contribution in [1.29, 1.82) is 0 Å². The van der Waals surface area contributed by atoms with Gasteiger partial charge in [-0.2, -0.15) is 0 Å². The second-order valence-electron chi connectivity index (χ2n) is 7.67. The van der Waals surface area contributed by atoms with Gasteiger partial charge in [-0.15, -0.1) is 0 Å². The number of aromatic nitrogens is 1. The number of carbonyl (C=O) groups is 1. The Bertz CT molecular complexity index is 1310. The van der Waals surface area contributed by atoms with Gasteiger partial charge >= 0.3 is 0 Å². The normalized spacial score (nSPS) is 16.4. The van der Waals surface area contributed by atoms with Crippen molar-refractivity contribution < 1.29 is 4.79 Å². The lowest BCUT2D eigenvalue weighted by Crippen LogP contribution is -1.98. The third-order valence-electron chi connectivity index (χ3n) is 5.57. The highest BCUT2D eigenvalue weighted by Gasteiger charge is 2.24. The summed E-state index contributed by atoms with van der Waals surface area (Å²) in [6, 6.07) is 26.2. The number of fused-ring (bicyclic) bond motifs is 2. The van der Waals surface area contributed by atoms with Gasteiger partial charge in [-0.1, -0.05) is 90.1 Å². The molecule has 0 fully saturated rings. The lowest BCUT2D eigenvalue weighted by molar-refractivity contribution is 0.108. The molecular weight excluding hydrogens is 422 g/mol. The topological polar surface area (TPSA) is 30.0 Å². The fraction of sp³-hybridized carbons (Fsp3) is 0.111. The molecule has 2 heterocycles. The molecule has 0 spiro atoms. The highest BCUT2D eigenvalue weighted by Crippen LogP contribution is 2.39. The number of thioether (sulfide) groups is 1. The van der Waals surface area contributed by atoms with Crippen LogP contribution in [0.5, 0.6) is 0 Å². The highest BCUT2D eigenvalue weighted by molar-refractivity contribution is 8.14. The molecule has 152 valence electrons. The molecule has 4 heteroatoms. The third-order valence-corrected chi connectivity index (χ3v) is 7.03. The molecule has 2 nitrogen and oxygen atoms in total. The lowest BCUT2D eigenvalue weighted by Gasteiger charge is -2.13. The summed E-state index contributed by atoms with van der Waals surface area (Å²) in [5.41, 5.74) is 6.06. The van der Waals surface area contributed by atoms with Gasteiger partial charge in [-0.05, 0) is 53.8 Å². The first-order valence-corrected chi connectivity index (χ1v) is 11.5. The van der Waals surface area contributed by atoms with Gasteiger partial charge in [-0.3, -0.25) is 4.79 Å². The van der Waals surface area contributed by atoms with Crippen molar-refractivity contribution in [3.8, 4) is 0 Å². The number of hydrogen-bond donors (Lipinski definition) is 0. The van der Waals surface area contributed by atoms with E-state index in [2.05, 4.69) is 47.5 Å². The zero-order valence-electron chi connectivity index (χ0n) is 16.8. The van der Waals surface area contributed by atoms with Crippen molar-refractivity contribution in [3.05, 3.63) is 112 Å². The van der Waals surface area contributed by atoms with Crippen LogP contribution in [0.1, 0.15) is 44.4 Å². The van der Waals surface area contributed by atoms with Gasteiger partial charge in [0.15, 0.2) is 0 Å². The van der Waals surface area contributed by atoms with Gasteiger partial charge < -0.3 is 0 Å². The van der Waals surface area contributed by atoms with E-state index in [4.69, 9.17) is 11.6 Å². The molecular formula is C27H20ClNOS. The summed E-state index contributed by atoms with van der Waals surface area (Å²) in [6.07, 6.45) is 5.96. The third kappa shape index (κ3) is 4.43. The van der Waals surface area contributed by atoms with E-state index in [0.717, 1.165) is 46.1 Å². The molecule has 0 unspecified atom stereocenters. The van der Waals surface area contributed by atoms with Crippen LogP contribution in [-0.2, 0) is 6.42 Å². The zero-order valence-corrected chi connectivity index (χ0v) is 18.4. The van der Waals surface area contributed by atoms with Crippen molar-refractivity contribution in [2.45, 2.75) is 18.1 Å². The standard InChI is InChI=1S/C27H20ClNOS/c28-22-12-9-20-10-14-23(29-25(20)17-22)13-8-18-4-3-6-21(16-18)26-15-11-19-5-1-2-7-24(19)27(30)31-26/h1-10,12-14,16-17,26H,11,15H2/b13-8+/t26-/m0/s1. The van der Waals surface area contributed by atoms with Gasteiger partial charge in [0.25, 0.3) is 0 Å². The number of nitrogens with zero attached hydrogens (tertiary/aromatic N) is 1. The Morgan fingerprint density at radius 1 is 0.935 bits per heavy atom. The van der Waals surface area contributed by atoms with Crippen LogP contribution in [0, 0.1) is 0 Å². The predicted molar refractivity (Wildman–Crippen MR) is 132 cm³/mol. The van der Waals surface area contributed by atoms with Crippen LogP contribution in [0.2, 0.25) is 5.02 Å². The van der Waals surface area contributed by atoms with Crippen LogP contribution in [-0.4, -0.2) is 10.1 Å². The molecule has 3 aromatic carbocycles. The van der Waals surface area contributed by atoms with Crippen LogP contribution < -0.4 is 0 Å². The summed E-state index contributed by atoms with van der Waals surface area (Å²) in [4.78, 5) is 17.4. The van der Waals surface area contributed by atoms with Gasteiger partial charge in [0.1, 0.15) is 0 Å². The minimum absolute atomic E-state index is 0.161. The summed E-state index contributed by atoms with van der Waals surface area (Å²) < 4.78 is 0. The van der Waals surface area contributed by atoms with E-state index >= 15 is 0 Å². The summed E-state index contributed by atoms with van der Waals surface area (Å²) in [6.45, 7) is 0. The Hall–Kier alpha value is -2.88. The molecule has 5 rings (SSSR count). The van der Waals surface area contributed by atoms with E-state index in [9.17, 15) is 4.79 Å². The van der Waals surface area contributed by atoms with Crippen LogP contribution in [0.15, 0.2) is 78.9 Å². The molecule has 31 heavy (non-hydrogen) atoms. The van der Waals surface area contributed by atoms with E-state index < -0.39 is 0 Å². The molecule has 0 radical (unpaired) electrons. The average molecular weight is 442 g/mol. The van der Waals surface area contributed by atoms with Crippen molar-refractivity contribution >= 4 is 51.5 Å². The molecule has 4 aromatic rings. The van der Waals surface area contributed by atoms with Crippen molar-refractivity contribution in [2.24, 2.45) is 0 Å². The van der Waals surface area contributed by atoms with Crippen LogP contribution >= 0.6 is 23.4 Å². The molecule has 1 atom stereocenters. The van der Waals surface area contributed by atoms with E-state index in [-0.39, 0.29) is 10.4 Å². The fourth-order valence-electron chi connectivity index (χ4n) is 3.95. The van der Waals surface area contributed by atoms with Gasteiger partial charge in [0.05, 0.1) is 11.2 Å². The highest BCUT2D eigenvalue weighted by atomic mass is 35.5. The molecule has 0 aliphatic carbocycles. The average Bonchev–Trinajstić information content (AvgIpc) is 2.97. The maximum absolute atomic E-state index is 12.7. The number of rotatable bonds is 3. The first kappa shape index (κ1) is 20.0. The number of hydrogen-bond acceptors (Lipinski definition) is 3. The summed E-state index contributed by atoms with van der Waals surface area (Å²) in [7, 11) is 0. The minimum atomic E-state index is 0.161. The molecule has 0 bridgehead atoms. The summed E-state index contributed by atoms with van der Waals surface area (Å²) in [5, 5.41) is 2.08. The monoisotopic (exact) mass is 441 g/mol. The second-order valence-corrected chi connectivity index (χ2v) is 9.28. The molecule has 0 saturated carbocycles. The van der Waals surface area contributed by atoms with Crippen LogP contribution in [0.3, 0.4) is 0 Å². The number of halogens is 1. The Labute approximate surface area is 191 Å². The Morgan fingerprint density at radius 2 is 1.81 bits per heavy atom. The molecule has 0 N–H and O–H groups in total. The smallest absolute Gasteiger partial charge is 0.220 e. The van der Waals surface area contributed by atoms with Gasteiger partial charge in [-0.25, -0.2) is 4.98 Å². The largest absolute Gasteiger partial charge is 0.282 e. The maximum atomic E-state index is 12.7. The van der Waals surface area contributed by atoms with Crippen LogP contribution in [0.4, 0.5) is 0 Å². The van der Waals surface area contributed by atoms with E-state index in [0.29, 0.717) is 5.02 Å². The summed E-state index contributed by atoms with van der Waals surface area (Å²) in [5.74, 6) is 0.